The molecular formula is C18H18N4O. The number of hydrazine groups is 1. The van der Waals surface area contributed by atoms with Gasteiger partial charge in [0.1, 0.15) is 0 Å². The number of benzene rings is 2. The molecule has 0 saturated carbocycles. The average molecular weight is 306 g/mol. The van der Waals surface area contributed by atoms with Crippen molar-refractivity contribution in [1.82, 2.24) is 5.12 Å². The molecule has 0 amide bonds. The number of aliphatic hydroxyl groups excluding tert-OH is 1. The van der Waals surface area contributed by atoms with Gasteiger partial charge in [0, 0.05) is 5.57 Å². The van der Waals surface area contributed by atoms with Crippen LogP contribution >= 0.6 is 0 Å². The number of nitrogens with zero attached hydrogens (tertiary/aromatic N) is 4. The summed E-state index contributed by atoms with van der Waals surface area (Å²) in [6.45, 7) is 5.73. The van der Waals surface area contributed by atoms with Crippen LogP contribution in [0.4, 0.5) is 11.4 Å². The van der Waals surface area contributed by atoms with Gasteiger partial charge in [0.2, 0.25) is 5.88 Å². The molecule has 5 nitrogen and oxygen atoms in total. The first-order valence-electron chi connectivity index (χ1n) is 7.39. The lowest BCUT2D eigenvalue weighted by Gasteiger charge is -2.28. The van der Waals surface area contributed by atoms with Crippen molar-refractivity contribution in [3.8, 4) is 0 Å². The second kappa shape index (κ2) is 6.36. The summed E-state index contributed by atoms with van der Waals surface area (Å²) in [7, 11) is 0. The number of aliphatic hydroxyl groups is 1. The lowest BCUT2D eigenvalue weighted by molar-refractivity contribution is 0.224. The van der Waals surface area contributed by atoms with E-state index < -0.39 is 0 Å². The van der Waals surface area contributed by atoms with Crippen LogP contribution in [0.5, 0.6) is 0 Å². The zero-order valence-electron chi connectivity index (χ0n) is 12.9. The van der Waals surface area contributed by atoms with Crippen molar-refractivity contribution >= 4 is 11.4 Å². The number of para-hydroxylation sites is 1. The Balaban J connectivity index is 1.97. The van der Waals surface area contributed by atoms with Gasteiger partial charge in [0.25, 0.3) is 0 Å². The van der Waals surface area contributed by atoms with Gasteiger partial charge < -0.3 is 5.11 Å². The maximum absolute atomic E-state index is 10.5. The zero-order valence-corrected chi connectivity index (χ0v) is 12.9. The molecule has 1 atom stereocenters. The van der Waals surface area contributed by atoms with E-state index in [-0.39, 0.29) is 11.9 Å². The molecule has 0 fully saturated rings. The molecule has 2 aromatic carbocycles. The summed E-state index contributed by atoms with van der Waals surface area (Å²) in [5.41, 5.74) is 2.26. The molecule has 0 spiro atoms. The van der Waals surface area contributed by atoms with E-state index in [4.69, 9.17) is 0 Å². The minimum absolute atomic E-state index is 0.116. The predicted octanol–water partition coefficient (Wildman–Crippen LogP) is 4.77. The van der Waals surface area contributed by atoms with Crippen LogP contribution in [-0.2, 0) is 0 Å². The summed E-state index contributed by atoms with van der Waals surface area (Å²) in [5.74, 6) is 0.116. The molecule has 116 valence electrons. The SMILES string of the molecule is C=CC1=C(O)N(c2ccccc2)N(N=Nc2ccccc2)C1C. The zero-order chi connectivity index (χ0) is 16.2. The van der Waals surface area contributed by atoms with Crippen LogP contribution in [0.25, 0.3) is 0 Å². The summed E-state index contributed by atoms with van der Waals surface area (Å²) >= 11 is 0. The van der Waals surface area contributed by atoms with E-state index >= 15 is 0 Å². The molecule has 0 aliphatic carbocycles. The molecular weight excluding hydrogens is 288 g/mol. The molecule has 1 unspecified atom stereocenters. The Kier molecular flexibility index (Phi) is 4.10. The maximum Gasteiger partial charge on any atom is 0.217 e. The minimum atomic E-state index is -0.167. The fourth-order valence-electron chi connectivity index (χ4n) is 2.48. The van der Waals surface area contributed by atoms with Gasteiger partial charge in [-0.05, 0) is 36.4 Å². The van der Waals surface area contributed by atoms with E-state index in [2.05, 4.69) is 16.9 Å². The van der Waals surface area contributed by atoms with Crippen LogP contribution in [0.2, 0.25) is 0 Å². The Morgan fingerprint density at radius 1 is 1.04 bits per heavy atom. The summed E-state index contributed by atoms with van der Waals surface area (Å²) in [6, 6.07) is 18.9. The minimum Gasteiger partial charge on any atom is -0.493 e. The summed E-state index contributed by atoms with van der Waals surface area (Å²) in [4.78, 5) is 0. The van der Waals surface area contributed by atoms with Crippen molar-refractivity contribution in [3.05, 3.63) is 84.8 Å². The normalized spacial score (nSPS) is 18.0. The van der Waals surface area contributed by atoms with Gasteiger partial charge in [-0.1, -0.05) is 49.1 Å². The fraction of sp³-hybridized carbons (Fsp3) is 0.111. The van der Waals surface area contributed by atoms with Gasteiger partial charge in [0.05, 0.1) is 17.4 Å². The highest BCUT2D eigenvalue weighted by molar-refractivity contribution is 5.54. The quantitative estimate of drug-likeness (QED) is 0.828. The number of hydrogen-bond acceptors (Lipinski definition) is 4. The number of anilines is 1. The lowest BCUT2D eigenvalue weighted by atomic mass is 10.1. The Morgan fingerprint density at radius 3 is 2.26 bits per heavy atom. The second-order valence-electron chi connectivity index (χ2n) is 5.15. The molecule has 1 N–H and O–H groups in total. The van der Waals surface area contributed by atoms with Crippen molar-refractivity contribution in [2.75, 3.05) is 5.01 Å². The fourth-order valence-corrected chi connectivity index (χ4v) is 2.48. The van der Waals surface area contributed by atoms with Crippen LogP contribution in [0.3, 0.4) is 0 Å². The molecule has 2 aromatic rings. The monoisotopic (exact) mass is 306 g/mol. The molecule has 0 radical (unpaired) electrons. The standard InChI is InChI=1S/C18H18N4O/c1-3-17-14(2)22(20-19-15-10-6-4-7-11-15)21(18(17)23)16-12-8-5-9-13-16/h3-14,23H,1H2,2H3. The van der Waals surface area contributed by atoms with Gasteiger partial charge >= 0.3 is 0 Å². The lowest BCUT2D eigenvalue weighted by Crippen LogP contribution is -2.37. The van der Waals surface area contributed by atoms with Crippen molar-refractivity contribution in [2.45, 2.75) is 13.0 Å². The first kappa shape index (κ1) is 14.8. The second-order valence-corrected chi connectivity index (χ2v) is 5.15. The van der Waals surface area contributed by atoms with Gasteiger partial charge in [-0.2, -0.15) is 5.12 Å². The Labute approximate surface area is 135 Å². The summed E-state index contributed by atoms with van der Waals surface area (Å²) < 4.78 is 0. The first-order chi connectivity index (χ1) is 11.2. The van der Waals surface area contributed by atoms with E-state index in [0.717, 1.165) is 11.4 Å². The summed E-state index contributed by atoms with van der Waals surface area (Å²) in [5, 5.41) is 22.4. The van der Waals surface area contributed by atoms with E-state index in [1.165, 1.54) is 0 Å². The molecule has 1 aliphatic heterocycles. The maximum atomic E-state index is 10.5. The highest BCUT2D eigenvalue weighted by Crippen LogP contribution is 2.34. The summed E-state index contributed by atoms with van der Waals surface area (Å²) in [6.07, 6.45) is 1.65. The molecule has 5 heteroatoms. The smallest absolute Gasteiger partial charge is 0.217 e. The van der Waals surface area contributed by atoms with Gasteiger partial charge in [-0.3, -0.25) is 0 Å². The topological polar surface area (TPSA) is 51.4 Å². The third kappa shape index (κ3) is 2.81. The molecule has 0 bridgehead atoms. The highest BCUT2D eigenvalue weighted by Gasteiger charge is 2.36. The van der Waals surface area contributed by atoms with Crippen LogP contribution in [0, 0.1) is 0 Å². The first-order valence-corrected chi connectivity index (χ1v) is 7.39. The Hall–Kier alpha value is -3.08. The Bertz CT molecular complexity index is 740. The van der Waals surface area contributed by atoms with E-state index in [0.29, 0.717) is 5.57 Å². The van der Waals surface area contributed by atoms with Crippen LogP contribution in [0.15, 0.2) is 95.1 Å². The molecule has 0 aromatic heterocycles. The molecule has 0 saturated heterocycles. The van der Waals surface area contributed by atoms with E-state index in [1.807, 2.05) is 67.6 Å². The van der Waals surface area contributed by atoms with Crippen molar-refractivity contribution < 1.29 is 5.11 Å². The van der Waals surface area contributed by atoms with Crippen molar-refractivity contribution in [3.63, 3.8) is 0 Å². The molecule has 1 aliphatic rings. The van der Waals surface area contributed by atoms with Crippen LogP contribution in [-0.4, -0.2) is 16.3 Å². The van der Waals surface area contributed by atoms with Crippen LogP contribution < -0.4 is 5.01 Å². The third-order valence-electron chi connectivity index (χ3n) is 3.69. The Morgan fingerprint density at radius 2 is 1.65 bits per heavy atom. The van der Waals surface area contributed by atoms with Gasteiger partial charge in [0.15, 0.2) is 0 Å². The average Bonchev–Trinajstić information content (AvgIpc) is 2.84. The van der Waals surface area contributed by atoms with E-state index in [9.17, 15) is 5.11 Å². The van der Waals surface area contributed by atoms with Gasteiger partial charge in [-0.15, -0.1) is 5.11 Å². The molecule has 1 heterocycles. The largest absolute Gasteiger partial charge is 0.493 e. The van der Waals surface area contributed by atoms with Crippen molar-refractivity contribution in [2.24, 2.45) is 10.3 Å². The van der Waals surface area contributed by atoms with Gasteiger partial charge in [-0.25, -0.2) is 5.01 Å². The highest BCUT2D eigenvalue weighted by atomic mass is 16.3. The van der Waals surface area contributed by atoms with Crippen molar-refractivity contribution in [1.29, 1.82) is 0 Å². The third-order valence-corrected chi connectivity index (χ3v) is 3.69. The van der Waals surface area contributed by atoms with Crippen LogP contribution in [0.1, 0.15) is 6.92 Å². The molecule has 3 rings (SSSR count). The molecule has 23 heavy (non-hydrogen) atoms. The predicted molar refractivity (Wildman–Crippen MR) is 91.0 cm³/mol. The number of hydrogen-bond donors (Lipinski definition) is 1. The van der Waals surface area contributed by atoms with E-state index in [1.54, 1.807) is 16.2 Å². The number of rotatable bonds is 4.